The number of nitrogens with two attached hydrogens (primary N) is 1. The molecule has 1 aliphatic heterocycles. The normalized spacial score (nSPS) is 28.4. The highest BCUT2D eigenvalue weighted by Crippen LogP contribution is 2.43. The van der Waals surface area contributed by atoms with Gasteiger partial charge in [-0.1, -0.05) is 19.3 Å². The summed E-state index contributed by atoms with van der Waals surface area (Å²) in [6.07, 6.45) is 12.2. The Balaban J connectivity index is 1.73. The molecule has 1 aromatic heterocycles. The molecule has 1 spiro atoms. The third-order valence-electron chi connectivity index (χ3n) is 4.76. The Morgan fingerprint density at radius 1 is 1.42 bits per heavy atom. The van der Waals surface area contributed by atoms with Crippen molar-refractivity contribution >= 4 is 0 Å². The first-order chi connectivity index (χ1) is 9.33. The molecule has 0 radical (unpaired) electrons. The van der Waals surface area contributed by atoms with Crippen molar-refractivity contribution in [3.05, 3.63) is 18.2 Å². The summed E-state index contributed by atoms with van der Waals surface area (Å²) in [5.74, 6) is 7.21. The number of nitrogens with zero attached hydrogens (tertiary/aromatic N) is 1. The first-order valence-electron chi connectivity index (χ1n) is 7.42. The monoisotopic (exact) mass is 264 g/mol. The van der Waals surface area contributed by atoms with E-state index in [2.05, 4.69) is 15.4 Å². The van der Waals surface area contributed by atoms with E-state index in [-0.39, 0.29) is 11.6 Å². The fraction of sp³-hybridized carbons (Fsp3) is 0.786. The lowest BCUT2D eigenvalue weighted by atomic mass is 9.74. The predicted molar refractivity (Wildman–Crippen MR) is 73.1 cm³/mol. The average molecular weight is 264 g/mol. The van der Waals surface area contributed by atoms with Crippen LogP contribution in [0.4, 0.5) is 0 Å². The van der Waals surface area contributed by atoms with Crippen LogP contribution in [0, 0.1) is 5.92 Å². The lowest BCUT2D eigenvalue weighted by Crippen LogP contribution is -2.46. The topological polar surface area (TPSA) is 76.0 Å². The van der Waals surface area contributed by atoms with E-state index in [1.54, 1.807) is 6.20 Å². The molecular weight excluding hydrogens is 240 g/mol. The molecule has 19 heavy (non-hydrogen) atoms. The Bertz CT molecular complexity index is 381. The molecule has 2 atom stereocenters. The van der Waals surface area contributed by atoms with Crippen LogP contribution in [0.2, 0.25) is 0 Å². The number of rotatable bonds is 3. The quantitative estimate of drug-likeness (QED) is 0.577. The third kappa shape index (κ3) is 2.68. The highest BCUT2D eigenvalue weighted by molar-refractivity contribution is 5.01. The third-order valence-corrected chi connectivity index (χ3v) is 4.76. The Labute approximate surface area is 114 Å². The first kappa shape index (κ1) is 13.1. The zero-order valence-corrected chi connectivity index (χ0v) is 11.4. The molecule has 1 saturated carbocycles. The summed E-state index contributed by atoms with van der Waals surface area (Å²) in [5.41, 5.74) is 3.06. The minimum atomic E-state index is 0.109. The van der Waals surface area contributed by atoms with Gasteiger partial charge in [0, 0.05) is 19.0 Å². The predicted octanol–water partition coefficient (Wildman–Crippen LogP) is 2.04. The highest BCUT2D eigenvalue weighted by atomic mass is 16.5. The van der Waals surface area contributed by atoms with E-state index in [0.717, 1.165) is 25.3 Å². The lowest BCUT2D eigenvalue weighted by molar-refractivity contribution is -0.122. The molecule has 2 aliphatic rings. The number of imidazole rings is 1. The minimum absolute atomic E-state index is 0.109. The van der Waals surface area contributed by atoms with Crippen molar-refractivity contribution in [2.45, 2.75) is 56.6 Å². The van der Waals surface area contributed by atoms with Gasteiger partial charge in [-0.3, -0.25) is 5.84 Å². The molecule has 2 fully saturated rings. The van der Waals surface area contributed by atoms with E-state index in [9.17, 15) is 0 Å². The maximum atomic E-state index is 6.15. The molecule has 1 aliphatic carbocycles. The molecule has 3 rings (SSSR count). The van der Waals surface area contributed by atoms with Gasteiger partial charge in [-0.2, -0.15) is 0 Å². The molecule has 0 aromatic carbocycles. The molecule has 0 amide bonds. The summed E-state index contributed by atoms with van der Waals surface area (Å²) in [6.45, 7) is 0.851. The van der Waals surface area contributed by atoms with Crippen LogP contribution in [0.15, 0.2) is 12.4 Å². The van der Waals surface area contributed by atoms with Crippen LogP contribution in [0.5, 0.6) is 0 Å². The largest absolute Gasteiger partial charge is 0.375 e. The van der Waals surface area contributed by atoms with Crippen molar-refractivity contribution in [3.63, 3.8) is 0 Å². The van der Waals surface area contributed by atoms with Gasteiger partial charge in [-0.05, 0) is 31.6 Å². The van der Waals surface area contributed by atoms with Gasteiger partial charge in [-0.25, -0.2) is 10.4 Å². The highest BCUT2D eigenvalue weighted by Gasteiger charge is 2.41. The van der Waals surface area contributed by atoms with E-state index in [1.165, 1.54) is 32.1 Å². The van der Waals surface area contributed by atoms with Crippen LogP contribution < -0.4 is 11.3 Å². The van der Waals surface area contributed by atoms with Gasteiger partial charge in [0.15, 0.2) is 0 Å². The van der Waals surface area contributed by atoms with Crippen LogP contribution >= 0.6 is 0 Å². The summed E-state index contributed by atoms with van der Waals surface area (Å²) < 4.78 is 6.15. The molecule has 2 unspecified atom stereocenters. The van der Waals surface area contributed by atoms with E-state index in [0.29, 0.717) is 5.92 Å². The van der Waals surface area contributed by atoms with Crippen LogP contribution in [-0.4, -0.2) is 22.2 Å². The van der Waals surface area contributed by atoms with E-state index >= 15 is 0 Å². The van der Waals surface area contributed by atoms with Gasteiger partial charge >= 0.3 is 0 Å². The molecule has 4 N–H and O–H groups in total. The number of aromatic nitrogens is 2. The zero-order valence-electron chi connectivity index (χ0n) is 11.4. The van der Waals surface area contributed by atoms with Crippen LogP contribution in [-0.2, 0) is 4.74 Å². The summed E-state index contributed by atoms with van der Waals surface area (Å²) in [4.78, 5) is 7.54. The fourth-order valence-corrected chi connectivity index (χ4v) is 3.78. The van der Waals surface area contributed by atoms with Crippen LogP contribution in [0.3, 0.4) is 0 Å². The Kier molecular flexibility index (Phi) is 3.86. The molecule has 5 heteroatoms. The maximum Gasteiger partial charge on any atom is 0.124 e. The number of nitrogens with one attached hydrogen (secondary N) is 2. The van der Waals surface area contributed by atoms with Crippen molar-refractivity contribution in [1.82, 2.24) is 15.4 Å². The van der Waals surface area contributed by atoms with E-state index in [1.807, 2.05) is 6.20 Å². The molecule has 1 aromatic rings. The molecule has 106 valence electrons. The maximum absolute atomic E-state index is 6.15. The molecule has 1 saturated heterocycles. The number of hydrogen-bond acceptors (Lipinski definition) is 4. The number of ether oxygens (including phenoxy) is 1. The van der Waals surface area contributed by atoms with Gasteiger partial charge in [0.2, 0.25) is 0 Å². The van der Waals surface area contributed by atoms with Crippen molar-refractivity contribution < 1.29 is 4.74 Å². The summed E-state index contributed by atoms with van der Waals surface area (Å²) in [5, 5.41) is 0. The smallest absolute Gasteiger partial charge is 0.124 e. The first-order valence-corrected chi connectivity index (χ1v) is 7.42. The number of hydrazine groups is 1. The van der Waals surface area contributed by atoms with Gasteiger partial charge in [0.05, 0.1) is 11.6 Å². The second-order valence-corrected chi connectivity index (χ2v) is 5.96. The second kappa shape index (κ2) is 5.61. The summed E-state index contributed by atoms with van der Waals surface area (Å²) >= 11 is 0. The van der Waals surface area contributed by atoms with Gasteiger partial charge in [0.25, 0.3) is 0 Å². The van der Waals surface area contributed by atoms with Crippen LogP contribution in [0.25, 0.3) is 0 Å². The standard InChI is InChI=1S/C14H24N4O/c15-18-12(13-16-7-8-17-13)11-4-9-19-14(10-11)5-2-1-3-6-14/h7-8,11-12,18H,1-6,9-10,15H2,(H,16,17). The SMILES string of the molecule is NNC(c1ncc[nH]1)C1CCOC2(CCCCC2)C1. The average Bonchev–Trinajstić information content (AvgIpc) is 2.95. The number of aromatic amines is 1. The Morgan fingerprint density at radius 3 is 2.95 bits per heavy atom. The minimum Gasteiger partial charge on any atom is -0.375 e. The van der Waals surface area contributed by atoms with Gasteiger partial charge < -0.3 is 9.72 Å². The van der Waals surface area contributed by atoms with Gasteiger partial charge in [-0.15, -0.1) is 0 Å². The van der Waals surface area contributed by atoms with E-state index in [4.69, 9.17) is 10.6 Å². The molecular formula is C14H24N4O. The summed E-state index contributed by atoms with van der Waals surface area (Å²) in [6, 6.07) is 0.109. The molecule has 0 bridgehead atoms. The molecule has 2 heterocycles. The Morgan fingerprint density at radius 2 is 2.26 bits per heavy atom. The number of H-pyrrole nitrogens is 1. The zero-order chi connectivity index (χ0) is 13.1. The van der Waals surface area contributed by atoms with Crippen molar-refractivity contribution in [2.75, 3.05) is 6.61 Å². The number of hydrogen-bond donors (Lipinski definition) is 3. The van der Waals surface area contributed by atoms with E-state index < -0.39 is 0 Å². The van der Waals surface area contributed by atoms with Gasteiger partial charge in [0.1, 0.15) is 5.82 Å². The Hall–Kier alpha value is -0.910. The summed E-state index contributed by atoms with van der Waals surface area (Å²) in [7, 11) is 0. The fourth-order valence-electron chi connectivity index (χ4n) is 3.78. The molecule has 5 nitrogen and oxygen atoms in total. The van der Waals surface area contributed by atoms with Crippen molar-refractivity contribution in [2.24, 2.45) is 11.8 Å². The van der Waals surface area contributed by atoms with Crippen LogP contribution in [0.1, 0.15) is 56.8 Å². The van der Waals surface area contributed by atoms with Crippen molar-refractivity contribution in [1.29, 1.82) is 0 Å². The second-order valence-electron chi connectivity index (χ2n) is 5.96. The van der Waals surface area contributed by atoms with Crippen molar-refractivity contribution in [3.8, 4) is 0 Å². The lowest BCUT2D eigenvalue weighted by Gasteiger charge is -2.45.